The summed E-state index contributed by atoms with van der Waals surface area (Å²) in [6.45, 7) is 13.2. The van der Waals surface area contributed by atoms with Gasteiger partial charge >= 0.3 is 0 Å². The summed E-state index contributed by atoms with van der Waals surface area (Å²) in [5.41, 5.74) is 12.9. The third-order valence-corrected chi connectivity index (χ3v) is 5.96. The smallest absolute Gasteiger partial charge is 0.00734 e. The molecule has 0 N–H and O–H groups in total. The minimum atomic E-state index is 0.552. The van der Waals surface area contributed by atoms with Crippen LogP contribution < -0.4 is 0 Å². The first kappa shape index (κ1) is 20.1. The summed E-state index contributed by atoms with van der Waals surface area (Å²) in [6.07, 6.45) is 1.09. The lowest BCUT2D eigenvalue weighted by molar-refractivity contribution is 0.954. The Kier molecular flexibility index (Phi) is 6.19. The van der Waals surface area contributed by atoms with Crippen LogP contribution in [0.2, 0.25) is 0 Å². The van der Waals surface area contributed by atoms with Crippen molar-refractivity contribution in [2.45, 2.75) is 53.9 Å². The zero-order valence-electron chi connectivity index (χ0n) is 18.1. The van der Waals surface area contributed by atoms with Gasteiger partial charge in [-0.3, -0.25) is 0 Å². The van der Waals surface area contributed by atoms with Gasteiger partial charge in [0.15, 0.2) is 0 Å². The number of aryl methyl sites for hydroxylation is 2. The molecule has 1 atom stereocenters. The summed E-state index contributed by atoms with van der Waals surface area (Å²) < 4.78 is 0. The molecular formula is C28H32. The largest absolute Gasteiger partial charge is 0.0772 e. The molecule has 3 aromatic carbocycles. The summed E-state index contributed by atoms with van der Waals surface area (Å²) in [7, 11) is 0. The fourth-order valence-corrected chi connectivity index (χ4v) is 3.84. The Labute approximate surface area is 171 Å². The normalized spacial score (nSPS) is 13.9. The molecule has 0 bridgehead atoms. The summed E-state index contributed by atoms with van der Waals surface area (Å²) in [6, 6.07) is 24.1. The van der Waals surface area contributed by atoms with Gasteiger partial charge in [-0.2, -0.15) is 0 Å². The Balaban J connectivity index is 0.000000163. The molecule has 1 unspecified atom stereocenters. The average Bonchev–Trinajstić information content (AvgIpc) is 2.96. The Morgan fingerprint density at radius 3 is 2.11 bits per heavy atom. The maximum Gasteiger partial charge on any atom is 0.00734 e. The zero-order valence-corrected chi connectivity index (χ0v) is 18.1. The lowest BCUT2D eigenvalue weighted by atomic mass is 9.98. The van der Waals surface area contributed by atoms with Crippen molar-refractivity contribution in [3.63, 3.8) is 0 Å². The highest BCUT2D eigenvalue weighted by molar-refractivity contribution is 5.78. The van der Waals surface area contributed by atoms with Crippen LogP contribution >= 0.6 is 0 Å². The predicted molar refractivity (Wildman–Crippen MR) is 123 cm³/mol. The van der Waals surface area contributed by atoms with Crippen LogP contribution in [0.25, 0.3) is 11.1 Å². The molecule has 0 amide bonds. The molecule has 0 saturated heterocycles. The van der Waals surface area contributed by atoms with Gasteiger partial charge in [0.25, 0.3) is 0 Å². The first-order valence-electron chi connectivity index (χ1n) is 10.3. The van der Waals surface area contributed by atoms with Crippen LogP contribution in [-0.4, -0.2) is 0 Å². The van der Waals surface area contributed by atoms with Crippen LogP contribution in [0, 0.1) is 13.8 Å². The quantitative estimate of drug-likeness (QED) is 0.402. The van der Waals surface area contributed by atoms with Gasteiger partial charge in [0, 0.05) is 5.92 Å². The van der Waals surface area contributed by atoms with Crippen molar-refractivity contribution >= 4 is 0 Å². The summed E-state index contributed by atoms with van der Waals surface area (Å²) in [5, 5.41) is 0. The van der Waals surface area contributed by atoms with Gasteiger partial charge in [-0.1, -0.05) is 90.4 Å². The van der Waals surface area contributed by atoms with Crippen molar-refractivity contribution in [2.75, 3.05) is 0 Å². The SMILES string of the molecule is CC(C)=C(C)Cc1ccccc1C.Cc1ccc2c(c1)C(C)c1ccccc1-2. The second-order valence-electron chi connectivity index (χ2n) is 8.28. The van der Waals surface area contributed by atoms with Crippen LogP contribution in [0.3, 0.4) is 0 Å². The molecular weight excluding hydrogens is 336 g/mol. The Morgan fingerprint density at radius 2 is 1.39 bits per heavy atom. The van der Waals surface area contributed by atoms with Crippen molar-refractivity contribution < 1.29 is 0 Å². The van der Waals surface area contributed by atoms with E-state index in [1.807, 2.05) is 0 Å². The average molecular weight is 369 g/mol. The number of benzene rings is 3. The monoisotopic (exact) mass is 368 g/mol. The molecule has 0 heterocycles. The number of hydrogen-bond acceptors (Lipinski definition) is 0. The molecule has 0 aliphatic heterocycles. The van der Waals surface area contributed by atoms with Gasteiger partial charge in [-0.15, -0.1) is 0 Å². The molecule has 1 aliphatic rings. The first-order valence-corrected chi connectivity index (χ1v) is 10.3. The molecule has 1 aliphatic carbocycles. The van der Waals surface area contributed by atoms with E-state index in [0.717, 1.165) is 6.42 Å². The van der Waals surface area contributed by atoms with Gasteiger partial charge in [-0.25, -0.2) is 0 Å². The van der Waals surface area contributed by atoms with Crippen molar-refractivity contribution in [3.8, 4) is 11.1 Å². The third kappa shape index (κ3) is 4.28. The van der Waals surface area contributed by atoms with Gasteiger partial charge in [-0.05, 0) is 74.4 Å². The molecule has 0 heteroatoms. The Morgan fingerprint density at radius 1 is 0.750 bits per heavy atom. The summed E-state index contributed by atoms with van der Waals surface area (Å²) in [5.74, 6) is 0.552. The lowest BCUT2D eigenvalue weighted by Gasteiger charge is -2.07. The number of allylic oxidation sites excluding steroid dienone is 2. The van der Waals surface area contributed by atoms with Crippen molar-refractivity contribution in [3.05, 3.63) is 106 Å². The zero-order chi connectivity index (χ0) is 20.3. The molecule has 0 aromatic heterocycles. The lowest BCUT2D eigenvalue weighted by Crippen LogP contribution is -1.91. The van der Waals surface area contributed by atoms with E-state index >= 15 is 0 Å². The highest BCUT2D eigenvalue weighted by Crippen LogP contribution is 2.44. The van der Waals surface area contributed by atoms with Crippen LogP contribution in [0.15, 0.2) is 77.9 Å². The highest BCUT2D eigenvalue weighted by atomic mass is 14.3. The van der Waals surface area contributed by atoms with Crippen LogP contribution in [0.1, 0.15) is 61.4 Å². The molecule has 0 spiro atoms. The second kappa shape index (κ2) is 8.61. The number of hydrogen-bond donors (Lipinski definition) is 0. The molecule has 28 heavy (non-hydrogen) atoms. The number of fused-ring (bicyclic) bond motifs is 3. The van der Waals surface area contributed by atoms with E-state index < -0.39 is 0 Å². The van der Waals surface area contributed by atoms with Gasteiger partial charge < -0.3 is 0 Å². The molecule has 0 fully saturated rings. The molecule has 3 aromatic rings. The second-order valence-corrected chi connectivity index (χ2v) is 8.28. The van der Waals surface area contributed by atoms with E-state index in [2.05, 4.69) is 108 Å². The minimum Gasteiger partial charge on any atom is -0.0772 e. The summed E-state index contributed by atoms with van der Waals surface area (Å²) in [4.78, 5) is 0. The van der Waals surface area contributed by atoms with Gasteiger partial charge in [0.1, 0.15) is 0 Å². The standard InChI is InChI=1S/C15H14.C13H18/c1-10-7-8-14-13-6-4-3-5-12(13)11(2)15(14)9-10;1-10(2)12(4)9-13-8-6-5-7-11(13)3/h3-9,11H,1-2H3;5-8H,9H2,1-4H3. The van der Waals surface area contributed by atoms with Crippen molar-refractivity contribution in [2.24, 2.45) is 0 Å². The molecule has 4 rings (SSSR count). The predicted octanol–water partition coefficient (Wildman–Crippen LogP) is 8.02. The minimum absolute atomic E-state index is 0.552. The highest BCUT2D eigenvalue weighted by Gasteiger charge is 2.24. The molecule has 144 valence electrons. The van der Waals surface area contributed by atoms with E-state index in [0.29, 0.717) is 5.92 Å². The third-order valence-electron chi connectivity index (χ3n) is 5.96. The van der Waals surface area contributed by atoms with E-state index in [1.165, 1.54) is 50.1 Å². The van der Waals surface area contributed by atoms with E-state index in [1.54, 1.807) is 0 Å². The van der Waals surface area contributed by atoms with Crippen molar-refractivity contribution in [1.82, 2.24) is 0 Å². The van der Waals surface area contributed by atoms with Gasteiger partial charge in [0.2, 0.25) is 0 Å². The fourth-order valence-electron chi connectivity index (χ4n) is 3.84. The van der Waals surface area contributed by atoms with Gasteiger partial charge in [0.05, 0.1) is 0 Å². The van der Waals surface area contributed by atoms with Crippen LogP contribution in [0.4, 0.5) is 0 Å². The van der Waals surface area contributed by atoms with Crippen molar-refractivity contribution in [1.29, 1.82) is 0 Å². The fraction of sp³-hybridized carbons (Fsp3) is 0.286. The first-order chi connectivity index (χ1) is 13.4. The molecule has 0 radical (unpaired) electrons. The topological polar surface area (TPSA) is 0 Å². The molecule has 0 nitrogen and oxygen atoms in total. The van der Waals surface area contributed by atoms with E-state index in [9.17, 15) is 0 Å². The maximum absolute atomic E-state index is 2.32. The molecule has 0 saturated carbocycles. The van der Waals surface area contributed by atoms with Crippen LogP contribution in [-0.2, 0) is 6.42 Å². The number of rotatable bonds is 2. The summed E-state index contributed by atoms with van der Waals surface area (Å²) >= 11 is 0. The van der Waals surface area contributed by atoms with Crippen LogP contribution in [0.5, 0.6) is 0 Å². The van der Waals surface area contributed by atoms with E-state index in [4.69, 9.17) is 0 Å². The maximum atomic E-state index is 2.32. The van der Waals surface area contributed by atoms with E-state index in [-0.39, 0.29) is 0 Å². The Hall–Kier alpha value is -2.60. The Bertz CT molecular complexity index is 1000.